The second-order valence-corrected chi connectivity index (χ2v) is 9.77. The number of morpholine rings is 1. The van der Waals surface area contributed by atoms with Gasteiger partial charge in [0.05, 0.1) is 24.8 Å². The first-order valence-corrected chi connectivity index (χ1v) is 13.3. The van der Waals surface area contributed by atoms with Gasteiger partial charge in [-0.25, -0.2) is 14.8 Å². The molecular weight excluding hydrogens is 484 g/mol. The molecule has 2 amide bonds. The van der Waals surface area contributed by atoms with E-state index in [1.165, 1.54) is 0 Å². The maximum Gasteiger partial charge on any atom is 0.321 e. The fourth-order valence-corrected chi connectivity index (χ4v) is 4.69. The molecule has 0 aliphatic carbocycles. The average molecular weight is 521 g/mol. The number of amides is 2. The number of urea groups is 1. The Labute approximate surface area is 223 Å². The summed E-state index contributed by atoms with van der Waals surface area (Å²) in [6, 6.07) is 13.3. The van der Waals surface area contributed by atoms with E-state index < -0.39 is 0 Å². The Morgan fingerprint density at radius 2 is 1.71 bits per heavy atom. The van der Waals surface area contributed by atoms with Gasteiger partial charge in [-0.1, -0.05) is 0 Å². The molecule has 10 nitrogen and oxygen atoms in total. The molecule has 3 aromatic rings. The van der Waals surface area contributed by atoms with Gasteiger partial charge in [0.1, 0.15) is 30.3 Å². The maximum absolute atomic E-state index is 12.8. The summed E-state index contributed by atoms with van der Waals surface area (Å²) in [5.74, 6) is 2.48. The van der Waals surface area contributed by atoms with Crippen LogP contribution >= 0.6 is 0 Å². The maximum atomic E-state index is 12.8. The highest BCUT2D eigenvalue weighted by molar-refractivity contribution is 5.91. The SMILES string of the molecule is CC(C)Oc1ccc(NC(=O)N2CCN(c3ncnc4cc(OCCN5CCOCC5)ccc34)CC2)cc1. The van der Waals surface area contributed by atoms with Crippen LogP contribution in [0.25, 0.3) is 10.9 Å². The fraction of sp³-hybridized carbons (Fsp3) is 0.464. The second-order valence-electron chi connectivity index (χ2n) is 9.77. The average Bonchev–Trinajstić information content (AvgIpc) is 2.94. The zero-order chi connectivity index (χ0) is 26.3. The second kappa shape index (κ2) is 12.3. The van der Waals surface area contributed by atoms with Crippen molar-refractivity contribution in [3.8, 4) is 11.5 Å². The van der Waals surface area contributed by atoms with E-state index in [0.29, 0.717) is 32.8 Å². The molecule has 0 radical (unpaired) electrons. The van der Waals surface area contributed by atoms with Crippen molar-refractivity contribution in [2.24, 2.45) is 0 Å². The number of anilines is 2. The van der Waals surface area contributed by atoms with Crippen LogP contribution in [-0.4, -0.2) is 97.5 Å². The molecule has 2 aromatic carbocycles. The summed E-state index contributed by atoms with van der Waals surface area (Å²) in [5.41, 5.74) is 1.60. The van der Waals surface area contributed by atoms with Crippen molar-refractivity contribution in [1.82, 2.24) is 19.8 Å². The highest BCUT2D eigenvalue weighted by Gasteiger charge is 2.23. The Balaban J connectivity index is 1.14. The van der Waals surface area contributed by atoms with E-state index in [1.807, 2.05) is 61.2 Å². The smallest absolute Gasteiger partial charge is 0.321 e. The highest BCUT2D eigenvalue weighted by Crippen LogP contribution is 2.27. The van der Waals surface area contributed by atoms with Gasteiger partial charge in [-0.15, -0.1) is 0 Å². The van der Waals surface area contributed by atoms with Crippen molar-refractivity contribution in [2.45, 2.75) is 20.0 Å². The van der Waals surface area contributed by atoms with Gasteiger partial charge in [0.15, 0.2) is 0 Å². The van der Waals surface area contributed by atoms with Crippen LogP contribution in [0.4, 0.5) is 16.3 Å². The van der Waals surface area contributed by atoms with E-state index in [2.05, 4.69) is 25.1 Å². The van der Waals surface area contributed by atoms with Crippen LogP contribution in [0.1, 0.15) is 13.8 Å². The standard InChI is InChI=1S/C28H36N6O4/c1-21(2)38-23-5-3-22(4-6-23)31-28(35)34-11-9-33(10-12-34)27-25-8-7-24(19-26(25)29-20-30-27)37-18-15-32-13-16-36-17-14-32/h3-8,19-21H,9-18H2,1-2H3,(H,31,35). The minimum atomic E-state index is -0.103. The van der Waals surface area contributed by atoms with E-state index in [4.69, 9.17) is 14.2 Å². The summed E-state index contributed by atoms with van der Waals surface area (Å²) < 4.78 is 17.1. The minimum absolute atomic E-state index is 0.103. The number of rotatable bonds is 8. The van der Waals surface area contributed by atoms with Crippen LogP contribution < -0.4 is 19.7 Å². The van der Waals surface area contributed by atoms with E-state index >= 15 is 0 Å². The molecule has 1 N–H and O–H groups in total. The molecule has 0 saturated carbocycles. The van der Waals surface area contributed by atoms with Gasteiger partial charge in [0, 0.05) is 63.0 Å². The first-order chi connectivity index (χ1) is 18.5. The van der Waals surface area contributed by atoms with Crippen LogP contribution in [0.15, 0.2) is 48.8 Å². The first-order valence-electron chi connectivity index (χ1n) is 13.3. The molecule has 5 rings (SSSR count). The summed E-state index contributed by atoms with van der Waals surface area (Å²) >= 11 is 0. The summed E-state index contributed by atoms with van der Waals surface area (Å²) in [4.78, 5) is 28.3. The number of hydrogen-bond acceptors (Lipinski definition) is 8. The van der Waals surface area contributed by atoms with Crippen molar-refractivity contribution in [2.75, 3.05) is 75.9 Å². The molecule has 10 heteroatoms. The third-order valence-corrected chi connectivity index (χ3v) is 6.71. The minimum Gasteiger partial charge on any atom is -0.492 e. The molecule has 0 spiro atoms. The number of ether oxygens (including phenoxy) is 3. The van der Waals surface area contributed by atoms with Crippen LogP contribution in [0.5, 0.6) is 11.5 Å². The molecule has 38 heavy (non-hydrogen) atoms. The molecule has 0 bridgehead atoms. The van der Waals surface area contributed by atoms with Gasteiger partial charge in [-0.3, -0.25) is 4.90 Å². The topological polar surface area (TPSA) is 92.3 Å². The summed E-state index contributed by atoms with van der Waals surface area (Å²) in [7, 11) is 0. The summed E-state index contributed by atoms with van der Waals surface area (Å²) in [6.45, 7) is 11.6. The molecule has 202 valence electrons. The van der Waals surface area contributed by atoms with Gasteiger partial charge in [0.2, 0.25) is 0 Å². The predicted molar refractivity (Wildman–Crippen MR) is 147 cm³/mol. The van der Waals surface area contributed by atoms with Crippen molar-refractivity contribution >= 4 is 28.4 Å². The van der Waals surface area contributed by atoms with E-state index in [-0.39, 0.29) is 12.1 Å². The monoisotopic (exact) mass is 520 g/mol. The predicted octanol–water partition coefficient (Wildman–Crippen LogP) is 3.48. The van der Waals surface area contributed by atoms with Crippen molar-refractivity contribution < 1.29 is 19.0 Å². The van der Waals surface area contributed by atoms with Gasteiger partial charge in [-0.2, -0.15) is 0 Å². The quantitative estimate of drug-likeness (QED) is 0.483. The molecule has 2 aliphatic heterocycles. The van der Waals surface area contributed by atoms with E-state index in [1.54, 1.807) is 6.33 Å². The number of fused-ring (bicyclic) bond motifs is 1. The number of nitrogens with zero attached hydrogens (tertiary/aromatic N) is 5. The summed E-state index contributed by atoms with van der Waals surface area (Å²) in [6.07, 6.45) is 1.71. The van der Waals surface area contributed by atoms with E-state index in [0.717, 1.165) is 66.8 Å². The number of benzene rings is 2. The third-order valence-electron chi connectivity index (χ3n) is 6.71. The zero-order valence-electron chi connectivity index (χ0n) is 22.1. The van der Waals surface area contributed by atoms with E-state index in [9.17, 15) is 4.79 Å². The van der Waals surface area contributed by atoms with Crippen molar-refractivity contribution in [1.29, 1.82) is 0 Å². The van der Waals surface area contributed by atoms with Crippen LogP contribution in [0.2, 0.25) is 0 Å². The molecule has 2 aliphatic rings. The Bertz CT molecular complexity index is 1210. The molecule has 0 unspecified atom stereocenters. The largest absolute Gasteiger partial charge is 0.492 e. The van der Waals surface area contributed by atoms with Gasteiger partial charge >= 0.3 is 6.03 Å². The first kappa shape index (κ1) is 26.0. The number of nitrogens with one attached hydrogen (secondary N) is 1. The van der Waals surface area contributed by atoms with Gasteiger partial charge in [0.25, 0.3) is 0 Å². The lowest BCUT2D eigenvalue weighted by Crippen LogP contribution is -2.50. The van der Waals surface area contributed by atoms with Crippen molar-refractivity contribution in [3.63, 3.8) is 0 Å². The molecule has 3 heterocycles. The van der Waals surface area contributed by atoms with Crippen LogP contribution in [0.3, 0.4) is 0 Å². The van der Waals surface area contributed by atoms with Crippen molar-refractivity contribution in [3.05, 3.63) is 48.8 Å². The molecule has 2 saturated heterocycles. The number of aromatic nitrogens is 2. The molecule has 1 aromatic heterocycles. The van der Waals surface area contributed by atoms with Gasteiger partial charge < -0.3 is 29.3 Å². The zero-order valence-corrected chi connectivity index (χ0v) is 22.1. The third kappa shape index (κ3) is 6.62. The highest BCUT2D eigenvalue weighted by atomic mass is 16.5. The lowest BCUT2D eigenvalue weighted by atomic mass is 10.2. The van der Waals surface area contributed by atoms with Gasteiger partial charge in [-0.05, 0) is 50.2 Å². The normalized spacial score (nSPS) is 16.6. The molecular formula is C28H36N6O4. The number of carbonyl (C=O) groups is 1. The Hall–Kier alpha value is -3.63. The summed E-state index contributed by atoms with van der Waals surface area (Å²) in [5, 5.41) is 3.97. The molecule has 0 atom stereocenters. The lowest BCUT2D eigenvalue weighted by Gasteiger charge is -2.35. The Kier molecular flexibility index (Phi) is 8.40. The number of piperazine rings is 1. The van der Waals surface area contributed by atoms with Crippen LogP contribution in [0, 0.1) is 0 Å². The number of hydrogen-bond donors (Lipinski definition) is 1. The fourth-order valence-electron chi connectivity index (χ4n) is 4.69. The molecule has 2 fully saturated rings. The number of carbonyl (C=O) groups excluding carboxylic acids is 1. The lowest BCUT2D eigenvalue weighted by molar-refractivity contribution is 0.0322. The Morgan fingerprint density at radius 3 is 2.45 bits per heavy atom. The van der Waals surface area contributed by atoms with Crippen LogP contribution in [-0.2, 0) is 4.74 Å². The Morgan fingerprint density at radius 1 is 0.974 bits per heavy atom.